The lowest BCUT2D eigenvalue weighted by Crippen LogP contribution is -2.45. The Morgan fingerprint density at radius 1 is 1.20 bits per heavy atom. The molecule has 0 saturated carbocycles. The van der Waals surface area contributed by atoms with Crippen LogP contribution in [0.3, 0.4) is 0 Å². The molecule has 1 aromatic rings. The number of likely N-dealkylation sites (N-methyl/N-ethyl adjacent to an activating group) is 1. The molecular formula is C14H21N3O3. The van der Waals surface area contributed by atoms with E-state index in [-0.39, 0.29) is 18.4 Å². The van der Waals surface area contributed by atoms with Gasteiger partial charge in [0.1, 0.15) is 0 Å². The molecule has 1 rings (SSSR count). The van der Waals surface area contributed by atoms with Crippen molar-refractivity contribution in [3.05, 3.63) is 35.9 Å². The van der Waals surface area contributed by atoms with Gasteiger partial charge in [0.05, 0.1) is 6.54 Å². The molecule has 0 aromatic heterocycles. The largest absolute Gasteiger partial charge is 0.385 e. The lowest BCUT2D eigenvalue weighted by molar-refractivity contribution is -0.122. The molecule has 0 aliphatic carbocycles. The number of carbonyl (C=O) groups is 2. The first-order valence-corrected chi connectivity index (χ1v) is 6.45. The third-order valence-corrected chi connectivity index (χ3v) is 2.65. The van der Waals surface area contributed by atoms with Crippen LogP contribution < -0.4 is 10.9 Å². The van der Waals surface area contributed by atoms with E-state index in [0.29, 0.717) is 12.2 Å². The summed E-state index contributed by atoms with van der Waals surface area (Å²) in [6, 6.07) is 8.71. The molecule has 0 bridgehead atoms. The van der Waals surface area contributed by atoms with Gasteiger partial charge in [0.25, 0.3) is 11.8 Å². The average Bonchev–Trinajstić information content (AvgIpc) is 2.46. The van der Waals surface area contributed by atoms with Gasteiger partial charge < -0.3 is 4.74 Å². The Balaban J connectivity index is 2.24. The van der Waals surface area contributed by atoms with Gasteiger partial charge in [-0.05, 0) is 25.6 Å². The van der Waals surface area contributed by atoms with Gasteiger partial charge in [-0.3, -0.25) is 25.3 Å². The summed E-state index contributed by atoms with van der Waals surface area (Å²) in [5.41, 5.74) is 5.27. The topological polar surface area (TPSA) is 70.7 Å². The van der Waals surface area contributed by atoms with Crippen LogP contribution in [-0.2, 0) is 9.53 Å². The fraction of sp³-hybridized carbons (Fsp3) is 0.429. The summed E-state index contributed by atoms with van der Waals surface area (Å²) < 4.78 is 4.94. The Morgan fingerprint density at radius 3 is 2.55 bits per heavy atom. The van der Waals surface area contributed by atoms with Gasteiger partial charge in [0.2, 0.25) is 0 Å². The van der Waals surface area contributed by atoms with Crippen molar-refractivity contribution in [2.45, 2.75) is 6.42 Å². The summed E-state index contributed by atoms with van der Waals surface area (Å²) in [6.07, 6.45) is 0.858. The summed E-state index contributed by atoms with van der Waals surface area (Å²) in [6.45, 7) is 1.64. The van der Waals surface area contributed by atoms with E-state index in [0.717, 1.165) is 13.0 Å². The maximum atomic E-state index is 11.7. The highest BCUT2D eigenvalue weighted by Crippen LogP contribution is 1.96. The summed E-state index contributed by atoms with van der Waals surface area (Å²) in [7, 11) is 3.49. The molecule has 0 fully saturated rings. The fourth-order valence-corrected chi connectivity index (χ4v) is 1.63. The van der Waals surface area contributed by atoms with E-state index in [2.05, 4.69) is 10.9 Å². The van der Waals surface area contributed by atoms with Gasteiger partial charge in [-0.2, -0.15) is 0 Å². The SMILES string of the molecule is COCCCN(C)CC(=O)NNC(=O)c1ccccc1. The van der Waals surface area contributed by atoms with E-state index < -0.39 is 0 Å². The van der Waals surface area contributed by atoms with E-state index in [1.54, 1.807) is 31.4 Å². The molecule has 0 saturated heterocycles. The van der Waals surface area contributed by atoms with E-state index in [4.69, 9.17) is 4.74 Å². The molecule has 110 valence electrons. The summed E-state index contributed by atoms with van der Waals surface area (Å²) in [5.74, 6) is -0.588. The molecule has 6 heteroatoms. The van der Waals surface area contributed by atoms with Crippen molar-refractivity contribution in [1.29, 1.82) is 0 Å². The molecule has 2 N–H and O–H groups in total. The van der Waals surface area contributed by atoms with Gasteiger partial charge in [0, 0.05) is 25.8 Å². The quantitative estimate of drug-likeness (QED) is 0.560. The monoisotopic (exact) mass is 279 g/mol. The number of amides is 2. The van der Waals surface area contributed by atoms with E-state index in [9.17, 15) is 9.59 Å². The smallest absolute Gasteiger partial charge is 0.269 e. The molecule has 2 amide bonds. The number of methoxy groups -OCH3 is 1. The molecular weight excluding hydrogens is 258 g/mol. The second-order valence-corrected chi connectivity index (χ2v) is 4.45. The minimum Gasteiger partial charge on any atom is -0.385 e. The van der Waals surface area contributed by atoms with Crippen LogP contribution in [0, 0.1) is 0 Å². The average molecular weight is 279 g/mol. The third-order valence-electron chi connectivity index (χ3n) is 2.65. The van der Waals surface area contributed by atoms with Crippen molar-refractivity contribution in [2.75, 3.05) is 33.9 Å². The highest BCUT2D eigenvalue weighted by Gasteiger charge is 2.08. The van der Waals surface area contributed by atoms with Crippen LogP contribution in [0.1, 0.15) is 16.8 Å². The molecule has 0 heterocycles. The summed E-state index contributed by atoms with van der Waals surface area (Å²) in [5, 5.41) is 0. The number of ether oxygens (including phenoxy) is 1. The molecule has 0 aliphatic rings. The first kappa shape index (κ1) is 16.1. The van der Waals surface area contributed by atoms with Crippen molar-refractivity contribution >= 4 is 11.8 Å². The Morgan fingerprint density at radius 2 is 1.90 bits per heavy atom. The maximum absolute atomic E-state index is 11.7. The highest BCUT2D eigenvalue weighted by molar-refractivity contribution is 5.95. The highest BCUT2D eigenvalue weighted by atomic mass is 16.5. The number of hydrogen-bond acceptors (Lipinski definition) is 4. The van der Waals surface area contributed by atoms with E-state index >= 15 is 0 Å². The zero-order valence-corrected chi connectivity index (χ0v) is 11.9. The molecule has 0 atom stereocenters. The van der Waals surface area contributed by atoms with Crippen LogP contribution in [0.25, 0.3) is 0 Å². The normalized spacial score (nSPS) is 10.3. The summed E-state index contributed by atoms with van der Waals surface area (Å²) >= 11 is 0. The van der Waals surface area contributed by atoms with Crippen molar-refractivity contribution in [3.63, 3.8) is 0 Å². The van der Waals surface area contributed by atoms with Crippen molar-refractivity contribution in [1.82, 2.24) is 15.8 Å². The molecule has 0 spiro atoms. The standard InChI is InChI=1S/C14H21N3O3/c1-17(9-6-10-20-2)11-13(18)15-16-14(19)12-7-4-3-5-8-12/h3-5,7-8H,6,9-11H2,1-2H3,(H,15,18)(H,16,19). The Bertz CT molecular complexity index is 423. The number of nitrogens with one attached hydrogen (secondary N) is 2. The van der Waals surface area contributed by atoms with Crippen molar-refractivity contribution in [2.24, 2.45) is 0 Å². The van der Waals surface area contributed by atoms with Crippen LogP contribution in [0.2, 0.25) is 0 Å². The minimum absolute atomic E-state index is 0.221. The first-order valence-electron chi connectivity index (χ1n) is 6.45. The number of hydrogen-bond donors (Lipinski definition) is 2. The number of carbonyl (C=O) groups excluding carboxylic acids is 2. The number of hydrazine groups is 1. The summed E-state index contributed by atoms with van der Waals surface area (Å²) in [4.78, 5) is 25.2. The number of rotatable bonds is 7. The van der Waals surface area contributed by atoms with Crippen LogP contribution >= 0.6 is 0 Å². The molecule has 20 heavy (non-hydrogen) atoms. The molecule has 6 nitrogen and oxygen atoms in total. The fourth-order valence-electron chi connectivity index (χ4n) is 1.63. The molecule has 0 unspecified atom stereocenters. The third kappa shape index (κ3) is 6.31. The van der Waals surface area contributed by atoms with Crippen LogP contribution in [0.15, 0.2) is 30.3 Å². The van der Waals surface area contributed by atoms with Crippen LogP contribution in [0.5, 0.6) is 0 Å². The van der Waals surface area contributed by atoms with Gasteiger partial charge >= 0.3 is 0 Å². The van der Waals surface area contributed by atoms with Gasteiger partial charge in [-0.25, -0.2) is 0 Å². The second-order valence-electron chi connectivity index (χ2n) is 4.45. The Kier molecular flexibility index (Phi) is 7.31. The van der Waals surface area contributed by atoms with Gasteiger partial charge in [-0.1, -0.05) is 18.2 Å². The zero-order valence-electron chi connectivity index (χ0n) is 11.9. The minimum atomic E-state index is -0.332. The Labute approximate surface area is 119 Å². The van der Waals surface area contributed by atoms with Crippen LogP contribution in [0.4, 0.5) is 0 Å². The molecule has 0 aliphatic heterocycles. The lowest BCUT2D eigenvalue weighted by atomic mass is 10.2. The van der Waals surface area contributed by atoms with Crippen molar-refractivity contribution < 1.29 is 14.3 Å². The van der Waals surface area contributed by atoms with Gasteiger partial charge in [-0.15, -0.1) is 0 Å². The predicted molar refractivity (Wildman–Crippen MR) is 76.0 cm³/mol. The number of nitrogens with zero attached hydrogens (tertiary/aromatic N) is 1. The Hall–Kier alpha value is -1.92. The van der Waals surface area contributed by atoms with Crippen LogP contribution in [-0.4, -0.2) is 50.6 Å². The second kappa shape index (κ2) is 9.06. The zero-order chi connectivity index (χ0) is 14.8. The van der Waals surface area contributed by atoms with E-state index in [1.165, 1.54) is 0 Å². The number of benzene rings is 1. The van der Waals surface area contributed by atoms with Crippen molar-refractivity contribution in [3.8, 4) is 0 Å². The molecule has 1 aromatic carbocycles. The van der Waals surface area contributed by atoms with Gasteiger partial charge in [0.15, 0.2) is 0 Å². The maximum Gasteiger partial charge on any atom is 0.269 e. The van der Waals surface area contributed by atoms with E-state index in [1.807, 2.05) is 18.0 Å². The first-order chi connectivity index (χ1) is 9.63. The lowest BCUT2D eigenvalue weighted by Gasteiger charge is -2.16. The predicted octanol–water partition coefficient (Wildman–Crippen LogP) is 0.416. The molecule has 0 radical (unpaired) electrons.